The first-order valence-corrected chi connectivity index (χ1v) is 6.47. The van der Waals surface area contributed by atoms with E-state index in [1.54, 1.807) is 7.11 Å². The maximum absolute atomic E-state index is 11.6. The first-order valence-electron chi connectivity index (χ1n) is 6.47. The highest BCUT2D eigenvalue weighted by molar-refractivity contribution is 5.77. The number of methoxy groups -OCH3 is 1. The highest BCUT2D eigenvalue weighted by atomic mass is 16.5. The second-order valence-corrected chi connectivity index (χ2v) is 5.18. The summed E-state index contributed by atoms with van der Waals surface area (Å²) in [5.74, 6) is 0.108. The molecule has 5 heteroatoms. The molecule has 1 saturated heterocycles. The number of likely N-dealkylation sites (tertiary alicyclic amines) is 1. The number of amides is 1. The molecular formula is C12H23N3O2. The van der Waals surface area contributed by atoms with E-state index in [0.717, 1.165) is 38.8 Å². The zero-order valence-corrected chi connectivity index (χ0v) is 10.5. The van der Waals surface area contributed by atoms with Crippen LogP contribution in [0.3, 0.4) is 0 Å². The number of ether oxygens (including phenoxy) is 1. The molecule has 17 heavy (non-hydrogen) atoms. The topological polar surface area (TPSA) is 67.6 Å². The Labute approximate surface area is 103 Å². The van der Waals surface area contributed by atoms with Crippen molar-refractivity contribution in [2.24, 2.45) is 5.73 Å². The summed E-state index contributed by atoms with van der Waals surface area (Å²) in [6, 6.07) is 1.56. The Morgan fingerprint density at radius 2 is 2.00 bits per heavy atom. The van der Waals surface area contributed by atoms with Gasteiger partial charge in [0, 0.05) is 38.3 Å². The van der Waals surface area contributed by atoms with E-state index in [2.05, 4.69) is 5.32 Å². The summed E-state index contributed by atoms with van der Waals surface area (Å²) in [4.78, 5) is 13.5. The van der Waals surface area contributed by atoms with Gasteiger partial charge in [-0.2, -0.15) is 0 Å². The lowest BCUT2D eigenvalue weighted by Gasteiger charge is -2.39. The van der Waals surface area contributed by atoms with Crippen LogP contribution in [0.15, 0.2) is 0 Å². The zero-order valence-electron chi connectivity index (χ0n) is 10.5. The largest absolute Gasteiger partial charge is 0.375 e. The SMILES string of the molecule is COCC(=O)N1CCC(NC2CC(N)C2)CC1. The van der Waals surface area contributed by atoms with Crippen molar-refractivity contribution in [2.45, 2.75) is 43.8 Å². The summed E-state index contributed by atoms with van der Waals surface area (Å²) >= 11 is 0. The minimum absolute atomic E-state index is 0.108. The van der Waals surface area contributed by atoms with Crippen LogP contribution in [-0.4, -0.2) is 55.7 Å². The summed E-state index contributed by atoms with van der Waals surface area (Å²) in [6.45, 7) is 1.90. The summed E-state index contributed by atoms with van der Waals surface area (Å²) in [5, 5.41) is 3.63. The van der Waals surface area contributed by atoms with Crippen molar-refractivity contribution < 1.29 is 9.53 Å². The number of hydrogen-bond donors (Lipinski definition) is 2. The van der Waals surface area contributed by atoms with Gasteiger partial charge in [0.05, 0.1) is 0 Å². The number of nitrogens with one attached hydrogen (secondary N) is 1. The Bertz CT molecular complexity index is 258. The van der Waals surface area contributed by atoms with Crippen molar-refractivity contribution in [3.63, 3.8) is 0 Å². The number of nitrogens with two attached hydrogens (primary N) is 1. The summed E-state index contributed by atoms with van der Waals surface area (Å²) in [6.07, 6.45) is 4.29. The molecule has 0 atom stereocenters. The first-order chi connectivity index (χ1) is 8.19. The average molecular weight is 241 g/mol. The van der Waals surface area contributed by atoms with Gasteiger partial charge in [0.1, 0.15) is 6.61 Å². The third-order valence-electron chi connectivity index (χ3n) is 3.76. The molecule has 0 radical (unpaired) electrons. The molecule has 1 saturated carbocycles. The van der Waals surface area contributed by atoms with Gasteiger partial charge >= 0.3 is 0 Å². The van der Waals surface area contributed by atoms with Crippen molar-refractivity contribution >= 4 is 5.91 Å². The maximum Gasteiger partial charge on any atom is 0.248 e. The highest BCUT2D eigenvalue weighted by Crippen LogP contribution is 2.20. The summed E-state index contributed by atoms with van der Waals surface area (Å²) in [7, 11) is 1.56. The molecule has 1 aliphatic heterocycles. The molecule has 1 amide bonds. The summed E-state index contributed by atoms with van der Waals surface area (Å²) < 4.78 is 4.87. The number of nitrogens with zero attached hydrogens (tertiary/aromatic N) is 1. The molecular weight excluding hydrogens is 218 g/mol. The van der Waals surface area contributed by atoms with Gasteiger partial charge in [-0.15, -0.1) is 0 Å². The van der Waals surface area contributed by atoms with Crippen LogP contribution < -0.4 is 11.1 Å². The van der Waals surface area contributed by atoms with Crippen LogP contribution in [0.2, 0.25) is 0 Å². The molecule has 2 fully saturated rings. The van der Waals surface area contributed by atoms with Crippen molar-refractivity contribution in [3.05, 3.63) is 0 Å². The normalized spacial score (nSPS) is 30.1. The second-order valence-electron chi connectivity index (χ2n) is 5.18. The first kappa shape index (κ1) is 12.8. The van der Waals surface area contributed by atoms with Gasteiger partial charge in [0.15, 0.2) is 0 Å². The van der Waals surface area contributed by atoms with Gasteiger partial charge in [-0.25, -0.2) is 0 Å². The number of piperidine rings is 1. The molecule has 3 N–H and O–H groups in total. The molecule has 2 aliphatic rings. The Morgan fingerprint density at radius 1 is 1.35 bits per heavy atom. The maximum atomic E-state index is 11.6. The van der Waals surface area contributed by atoms with Gasteiger partial charge in [-0.1, -0.05) is 0 Å². The van der Waals surface area contributed by atoms with E-state index in [1.165, 1.54) is 0 Å². The average Bonchev–Trinajstić information content (AvgIpc) is 2.28. The van der Waals surface area contributed by atoms with Crippen LogP contribution in [0.25, 0.3) is 0 Å². The van der Waals surface area contributed by atoms with E-state index in [0.29, 0.717) is 18.1 Å². The molecule has 0 aromatic carbocycles. The molecule has 0 aromatic rings. The van der Waals surface area contributed by atoms with Gasteiger partial charge < -0.3 is 20.7 Å². The molecule has 0 aromatic heterocycles. The van der Waals surface area contributed by atoms with Crippen LogP contribution in [0.5, 0.6) is 0 Å². The molecule has 98 valence electrons. The molecule has 0 bridgehead atoms. The van der Waals surface area contributed by atoms with Crippen molar-refractivity contribution in [1.82, 2.24) is 10.2 Å². The van der Waals surface area contributed by atoms with E-state index in [1.807, 2.05) is 4.90 Å². The zero-order chi connectivity index (χ0) is 12.3. The van der Waals surface area contributed by atoms with E-state index < -0.39 is 0 Å². The Hall–Kier alpha value is -0.650. The molecule has 1 aliphatic carbocycles. The lowest BCUT2D eigenvalue weighted by molar-refractivity contribution is -0.136. The minimum Gasteiger partial charge on any atom is -0.375 e. The van der Waals surface area contributed by atoms with Crippen LogP contribution in [0, 0.1) is 0 Å². The Kier molecular flexibility index (Phi) is 4.36. The van der Waals surface area contributed by atoms with Crippen LogP contribution in [0.1, 0.15) is 25.7 Å². The van der Waals surface area contributed by atoms with E-state index in [4.69, 9.17) is 10.5 Å². The van der Waals surface area contributed by atoms with Crippen molar-refractivity contribution in [1.29, 1.82) is 0 Å². The molecule has 0 unspecified atom stereocenters. The van der Waals surface area contributed by atoms with Crippen LogP contribution in [-0.2, 0) is 9.53 Å². The van der Waals surface area contributed by atoms with Crippen molar-refractivity contribution in [3.8, 4) is 0 Å². The van der Waals surface area contributed by atoms with Gasteiger partial charge in [-0.05, 0) is 25.7 Å². The van der Waals surface area contributed by atoms with Gasteiger partial charge in [-0.3, -0.25) is 4.79 Å². The second kappa shape index (κ2) is 5.80. The lowest BCUT2D eigenvalue weighted by atomic mass is 9.86. The fourth-order valence-electron chi connectivity index (χ4n) is 2.64. The van der Waals surface area contributed by atoms with E-state index in [-0.39, 0.29) is 12.5 Å². The quantitative estimate of drug-likeness (QED) is 0.709. The smallest absolute Gasteiger partial charge is 0.248 e. The third kappa shape index (κ3) is 3.40. The Morgan fingerprint density at radius 3 is 2.53 bits per heavy atom. The molecule has 0 spiro atoms. The lowest BCUT2D eigenvalue weighted by Crippen LogP contribution is -2.54. The van der Waals surface area contributed by atoms with Gasteiger partial charge in [0.2, 0.25) is 5.91 Å². The molecule has 2 rings (SSSR count). The van der Waals surface area contributed by atoms with E-state index >= 15 is 0 Å². The van der Waals surface area contributed by atoms with Crippen LogP contribution >= 0.6 is 0 Å². The predicted octanol–water partition coefficient (Wildman–Crippen LogP) is -0.297. The number of carbonyl (C=O) groups excluding carboxylic acids is 1. The fraction of sp³-hybridized carbons (Fsp3) is 0.917. The predicted molar refractivity (Wildman–Crippen MR) is 65.6 cm³/mol. The minimum atomic E-state index is 0.108. The Balaban J connectivity index is 1.65. The monoisotopic (exact) mass is 241 g/mol. The van der Waals surface area contributed by atoms with Gasteiger partial charge in [0.25, 0.3) is 0 Å². The molecule has 5 nitrogen and oxygen atoms in total. The summed E-state index contributed by atoms with van der Waals surface area (Å²) in [5.41, 5.74) is 5.76. The number of carbonyl (C=O) groups is 1. The number of hydrogen-bond acceptors (Lipinski definition) is 4. The third-order valence-corrected chi connectivity index (χ3v) is 3.76. The fourth-order valence-corrected chi connectivity index (χ4v) is 2.64. The van der Waals surface area contributed by atoms with Crippen molar-refractivity contribution in [2.75, 3.05) is 26.8 Å². The standard InChI is InChI=1S/C12H23N3O2/c1-17-8-12(16)15-4-2-10(3-5-15)14-11-6-9(13)7-11/h9-11,14H,2-8,13H2,1H3. The van der Waals surface area contributed by atoms with E-state index in [9.17, 15) is 4.79 Å². The highest BCUT2D eigenvalue weighted by Gasteiger charge is 2.29. The number of rotatable bonds is 4. The van der Waals surface area contributed by atoms with Crippen LogP contribution in [0.4, 0.5) is 0 Å². The molecule has 1 heterocycles.